The fraction of sp³-hybridized carbons (Fsp3) is 0.786. The number of aromatic nitrogens is 2. The second kappa shape index (κ2) is 6.22. The zero-order valence-electron chi connectivity index (χ0n) is 13.6. The van der Waals surface area contributed by atoms with Gasteiger partial charge in [0, 0.05) is 13.0 Å². The molecule has 1 aromatic heterocycles. The van der Waals surface area contributed by atoms with Gasteiger partial charge in [-0.2, -0.15) is 13.5 Å². The Morgan fingerprint density at radius 3 is 2.72 bits per heavy atom. The molecule has 2 bridgehead atoms. The molecule has 3 heterocycles. The van der Waals surface area contributed by atoms with E-state index in [4.69, 9.17) is 8.97 Å². The Bertz CT molecular complexity index is 761. The standard InChI is InChI=1S/C14H20N4O6S/c19-14-17-8-10(18(14)24-25(20,21)22)5-6-11(17)13-16-15-12(23-13)7-4-9-2-1-3-9/h9-11H,1-8H2,(H,20,21,22)/t10-,11+/m1/s1. The Balaban J connectivity index is 1.43. The average molecular weight is 372 g/mol. The van der Waals surface area contributed by atoms with E-state index in [1.54, 1.807) is 0 Å². The third-order valence-electron chi connectivity index (χ3n) is 5.26. The van der Waals surface area contributed by atoms with Crippen molar-refractivity contribution in [3.8, 4) is 0 Å². The first-order valence-corrected chi connectivity index (χ1v) is 9.86. The molecule has 2 amide bonds. The van der Waals surface area contributed by atoms with Crippen molar-refractivity contribution in [1.29, 1.82) is 0 Å². The van der Waals surface area contributed by atoms with Crippen LogP contribution in [0.3, 0.4) is 0 Å². The van der Waals surface area contributed by atoms with Crippen LogP contribution in [-0.4, -0.2) is 51.7 Å². The van der Waals surface area contributed by atoms with Crippen molar-refractivity contribution in [2.45, 2.75) is 57.0 Å². The molecular formula is C14H20N4O6S. The summed E-state index contributed by atoms with van der Waals surface area (Å²) in [4.78, 5) is 13.8. The van der Waals surface area contributed by atoms with Crippen molar-refractivity contribution in [3.63, 3.8) is 0 Å². The van der Waals surface area contributed by atoms with Gasteiger partial charge in [0.15, 0.2) is 0 Å². The highest BCUT2D eigenvalue weighted by molar-refractivity contribution is 7.80. The van der Waals surface area contributed by atoms with E-state index in [2.05, 4.69) is 14.5 Å². The van der Waals surface area contributed by atoms with E-state index in [9.17, 15) is 13.2 Å². The first-order chi connectivity index (χ1) is 11.9. The van der Waals surface area contributed by atoms with E-state index in [-0.39, 0.29) is 0 Å². The lowest BCUT2D eigenvalue weighted by atomic mass is 9.82. The van der Waals surface area contributed by atoms with Crippen LogP contribution in [0, 0.1) is 5.92 Å². The van der Waals surface area contributed by atoms with Crippen molar-refractivity contribution in [2.24, 2.45) is 5.92 Å². The molecule has 1 saturated carbocycles. The van der Waals surface area contributed by atoms with E-state index in [0.717, 1.165) is 18.8 Å². The third kappa shape index (κ3) is 3.35. The maximum Gasteiger partial charge on any atom is 0.418 e. The minimum atomic E-state index is -4.74. The normalized spacial score (nSPS) is 27.0. The van der Waals surface area contributed by atoms with Crippen LogP contribution in [0.15, 0.2) is 4.42 Å². The number of fused-ring (bicyclic) bond motifs is 2. The van der Waals surface area contributed by atoms with Crippen molar-refractivity contribution in [2.75, 3.05) is 6.54 Å². The van der Waals surface area contributed by atoms with Gasteiger partial charge in [-0.3, -0.25) is 4.55 Å². The minimum Gasteiger partial charge on any atom is -0.423 e. The number of piperidine rings is 1. The number of hydrogen-bond donors (Lipinski definition) is 1. The molecule has 138 valence electrons. The van der Waals surface area contributed by atoms with Gasteiger partial charge in [-0.15, -0.1) is 14.5 Å². The van der Waals surface area contributed by atoms with Gasteiger partial charge in [-0.1, -0.05) is 19.3 Å². The highest BCUT2D eigenvalue weighted by Gasteiger charge is 2.49. The lowest BCUT2D eigenvalue weighted by molar-refractivity contribution is -0.0317. The zero-order valence-corrected chi connectivity index (χ0v) is 14.4. The van der Waals surface area contributed by atoms with Crippen LogP contribution >= 0.6 is 0 Å². The molecule has 25 heavy (non-hydrogen) atoms. The summed E-state index contributed by atoms with van der Waals surface area (Å²) in [6, 6.07) is -1.45. The SMILES string of the molecule is O=C1N2C[C@@H](CC[C@H]2c2nnc(CCC3CCC3)o2)N1OS(=O)(=O)O. The summed E-state index contributed by atoms with van der Waals surface area (Å²) in [5.74, 6) is 1.68. The quantitative estimate of drug-likeness (QED) is 0.744. The van der Waals surface area contributed by atoms with E-state index in [0.29, 0.717) is 36.2 Å². The van der Waals surface area contributed by atoms with Crippen molar-refractivity contribution in [3.05, 3.63) is 11.8 Å². The van der Waals surface area contributed by atoms with Gasteiger partial charge in [0.25, 0.3) is 0 Å². The lowest BCUT2D eigenvalue weighted by Gasteiger charge is -2.27. The number of carbonyl (C=O) groups is 1. The van der Waals surface area contributed by atoms with Crippen LogP contribution in [0.5, 0.6) is 0 Å². The van der Waals surface area contributed by atoms with Crippen LogP contribution in [0.4, 0.5) is 4.79 Å². The molecule has 3 fully saturated rings. The predicted molar refractivity (Wildman–Crippen MR) is 82.3 cm³/mol. The number of carbonyl (C=O) groups excluding carboxylic acids is 1. The highest BCUT2D eigenvalue weighted by atomic mass is 32.3. The van der Waals surface area contributed by atoms with Gasteiger partial charge in [0.1, 0.15) is 6.04 Å². The molecule has 2 saturated heterocycles. The van der Waals surface area contributed by atoms with E-state index >= 15 is 0 Å². The molecule has 0 aromatic carbocycles. The summed E-state index contributed by atoms with van der Waals surface area (Å²) >= 11 is 0. The molecule has 0 spiro atoms. The van der Waals surface area contributed by atoms with Crippen LogP contribution < -0.4 is 0 Å². The van der Waals surface area contributed by atoms with Gasteiger partial charge in [-0.25, -0.2) is 4.79 Å². The van der Waals surface area contributed by atoms with Gasteiger partial charge in [-0.05, 0) is 25.2 Å². The van der Waals surface area contributed by atoms with E-state index in [1.807, 2.05) is 0 Å². The van der Waals surface area contributed by atoms with Gasteiger partial charge < -0.3 is 9.32 Å². The van der Waals surface area contributed by atoms with Gasteiger partial charge >= 0.3 is 16.4 Å². The number of urea groups is 1. The maximum absolute atomic E-state index is 12.4. The highest BCUT2D eigenvalue weighted by Crippen LogP contribution is 2.38. The maximum atomic E-state index is 12.4. The Kier molecular flexibility index (Phi) is 4.16. The lowest BCUT2D eigenvalue weighted by Crippen LogP contribution is -2.35. The van der Waals surface area contributed by atoms with Crippen LogP contribution in [0.25, 0.3) is 0 Å². The summed E-state index contributed by atoms with van der Waals surface area (Å²) in [5.41, 5.74) is 0. The van der Waals surface area contributed by atoms with Gasteiger partial charge in [0.05, 0.1) is 6.04 Å². The second-order valence-corrected chi connectivity index (χ2v) is 7.88. The van der Waals surface area contributed by atoms with Crippen molar-refractivity contribution < 1.29 is 26.5 Å². The summed E-state index contributed by atoms with van der Waals surface area (Å²) in [7, 11) is -4.74. The van der Waals surface area contributed by atoms with Crippen molar-refractivity contribution in [1.82, 2.24) is 20.2 Å². The number of amides is 2. The third-order valence-corrected chi connectivity index (χ3v) is 5.61. The molecule has 3 aliphatic rings. The number of hydroxylamine groups is 2. The summed E-state index contributed by atoms with van der Waals surface area (Å²) in [6.45, 7) is 0.290. The summed E-state index contributed by atoms with van der Waals surface area (Å²) < 4.78 is 40.8. The van der Waals surface area contributed by atoms with E-state index < -0.39 is 28.5 Å². The first-order valence-electron chi connectivity index (χ1n) is 8.50. The molecule has 10 nitrogen and oxygen atoms in total. The Hall–Kier alpha value is -1.72. The average Bonchev–Trinajstić information content (AvgIpc) is 3.05. The van der Waals surface area contributed by atoms with Crippen LogP contribution in [-0.2, 0) is 21.1 Å². The number of hydrogen-bond acceptors (Lipinski definition) is 7. The largest absolute Gasteiger partial charge is 0.423 e. The Labute approximate surface area is 145 Å². The molecule has 0 unspecified atom stereocenters. The molecule has 4 rings (SSSR count). The summed E-state index contributed by atoms with van der Waals surface area (Å²) in [5, 5.41) is 8.86. The Morgan fingerprint density at radius 1 is 1.24 bits per heavy atom. The molecule has 0 radical (unpaired) electrons. The van der Waals surface area contributed by atoms with E-state index in [1.165, 1.54) is 24.2 Å². The smallest absolute Gasteiger partial charge is 0.418 e. The van der Waals surface area contributed by atoms with Gasteiger partial charge in [0.2, 0.25) is 11.8 Å². The first kappa shape index (κ1) is 16.7. The molecule has 1 aromatic rings. The fourth-order valence-electron chi connectivity index (χ4n) is 3.70. The monoisotopic (exact) mass is 372 g/mol. The summed E-state index contributed by atoms with van der Waals surface area (Å²) in [6.07, 6.45) is 6.66. The minimum absolute atomic E-state index is 0.290. The topological polar surface area (TPSA) is 126 Å². The van der Waals surface area contributed by atoms with Crippen molar-refractivity contribution >= 4 is 16.4 Å². The number of aryl methyl sites for hydroxylation is 1. The number of rotatable bonds is 6. The fourth-order valence-corrected chi connectivity index (χ4v) is 4.09. The molecule has 1 N–H and O–H groups in total. The molecule has 1 aliphatic carbocycles. The number of nitrogens with zero attached hydrogens (tertiary/aromatic N) is 4. The molecule has 2 aliphatic heterocycles. The van der Waals surface area contributed by atoms with Crippen LogP contribution in [0.1, 0.15) is 56.3 Å². The predicted octanol–water partition coefficient (Wildman–Crippen LogP) is 1.48. The molecule has 2 atom stereocenters. The second-order valence-electron chi connectivity index (χ2n) is 6.88. The molecular weight excluding hydrogens is 352 g/mol. The molecule has 11 heteroatoms. The Morgan fingerprint density at radius 2 is 2.04 bits per heavy atom. The zero-order chi connectivity index (χ0) is 17.6. The van der Waals surface area contributed by atoms with Crippen LogP contribution in [0.2, 0.25) is 0 Å².